The van der Waals surface area contributed by atoms with Crippen molar-refractivity contribution in [2.75, 3.05) is 14.2 Å². The summed E-state index contributed by atoms with van der Waals surface area (Å²) in [4.78, 5) is 38.5. The predicted molar refractivity (Wildman–Crippen MR) is 102 cm³/mol. The van der Waals surface area contributed by atoms with E-state index in [4.69, 9.17) is 4.74 Å². The quantitative estimate of drug-likeness (QED) is 0.510. The van der Waals surface area contributed by atoms with E-state index in [0.29, 0.717) is 22.1 Å². The SMILES string of the molecule is COC(=O)c1c2cc(C(C)C)cccc-2c2cc3c(cc12)C(=O)N(C)C3=O. The van der Waals surface area contributed by atoms with Crippen molar-refractivity contribution in [1.82, 2.24) is 4.90 Å². The van der Waals surface area contributed by atoms with Crippen LogP contribution < -0.4 is 0 Å². The van der Waals surface area contributed by atoms with Crippen LogP contribution in [0.5, 0.6) is 0 Å². The van der Waals surface area contributed by atoms with Gasteiger partial charge >= 0.3 is 5.97 Å². The lowest BCUT2D eigenvalue weighted by Crippen LogP contribution is -2.24. The number of hydrogen-bond acceptors (Lipinski definition) is 4. The van der Waals surface area contributed by atoms with Crippen LogP contribution in [0.25, 0.3) is 21.9 Å². The summed E-state index contributed by atoms with van der Waals surface area (Å²) < 4.78 is 5.03. The highest BCUT2D eigenvalue weighted by molar-refractivity contribution is 6.26. The zero-order valence-corrected chi connectivity index (χ0v) is 15.6. The van der Waals surface area contributed by atoms with Crippen LogP contribution >= 0.6 is 0 Å². The molecule has 2 aliphatic carbocycles. The number of esters is 1. The Morgan fingerprint density at radius 1 is 0.926 bits per heavy atom. The molecule has 0 unspecified atom stereocenters. The van der Waals surface area contributed by atoms with Crippen molar-refractivity contribution in [1.29, 1.82) is 0 Å². The fourth-order valence-electron chi connectivity index (χ4n) is 3.74. The molecule has 136 valence electrons. The molecule has 1 heterocycles. The lowest BCUT2D eigenvalue weighted by atomic mass is 10.0. The Morgan fingerprint density at radius 3 is 2.15 bits per heavy atom. The number of methoxy groups -OCH3 is 1. The Bertz CT molecular complexity index is 1110. The molecule has 4 rings (SSSR count). The molecule has 27 heavy (non-hydrogen) atoms. The second kappa shape index (κ2) is 5.91. The summed E-state index contributed by atoms with van der Waals surface area (Å²) in [6.07, 6.45) is 0. The number of amides is 2. The van der Waals surface area contributed by atoms with Crippen LogP contribution in [0.3, 0.4) is 0 Å². The molecule has 0 N–H and O–H groups in total. The molecule has 5 heteroatoms. The van der Waals surface area contributed by atoms with Gasteiger partial charge < -0.3 is 4.74 Å². The van der Waals surface area contributed by atoms with Crippen LogP contribution in [0.15, 0.2) is 36.4 Å². The van der Waals surface area contributed by atoms with E-state index in [1.54, 1.807) is 12.1 Å². The monoisotopic (exact) mass is 361 g/mol. The molecule has 3 aliphatic rings. The first kappa shape index (κ1) is 17.2. The van der Waals surface area contributed by atoms with E-state index in [2.05, 4.69) is 13.8 Å². The number of carbonyl (C=O) groups excluding carboxylic acids is 3. The van der Waals surface area contributed by atoms with Gasteiger partial charge in [-0.3, -0.25) is 14.5 Å². The van der Waals surface area contributed by atoms with Gasteiger partial charge in [-0.1, -0.05) is 32.0 Å². The van der Waals surface area contributed by atoms with Crippen molar-refractivity contribution in [3.8, 4) is 11.1 Å². The van der Waals surface area contributed by atoms with Gasteiger partial charge in [-0.05, 0) is 51.6 Å². The number of rotatable bonds is 2. The molecule has 1 aliphatic heterocycles. The van der Waals surface area contributed by atoms with Gasteiger partial charge in [0.25, 0.3) is 11.8 Å². The van der Waals surface area contributed by atoms with Crippen LogP contribution in [-0.2, 0) is 4.74 Å². The molecule has 5 nitrogen and oxygen atoms in total. The standard InChI is InChI=1S/C22H19NO4/c1-11(2)12-6-5-7-13-14-9-17-18(21(25)23(3)20(17)24)10-16(14)19(15(13)8-12)22(26)27-4/h5-11H,1-4H3. The highest BCUT2D eigenvalue weighted by Gasteiger charge is 2.35. The van der Waals surface area contributed by atoms with Gasteiger partial charge in [-0.15, -0.1) is 0 Å². The van der Waals surface area contributed by atoms with Gasteiger partial charge in [0, 0.05) is 7.05 Å². The molecule has 0 saturated heterocycles. The number of benzene rings is 1. The fourth-order valence-corrected chi connectivity index (χ4v) is 3.74. The Labute approximate surface area is 156 Å². The topological polar surface area (TPSA) is 63.7 Å². The molecule has 0 spiro atoms. The molecule has 0 radical (unpaired) electrons. The van der Waals surface area contributed by atoms with Crippen molar-refractivity contribution >= 4 is 28.6 Å². The minimum atomic E-state index is -0.457. The maximum atomic E-state index is 12.6. The molecule has 2 amide bonds. The second-order valence-corrected chi connectivity index (χ2v) is 7.13. The third-order valence-electron chi connectivity index (χ3n) is 5.27. The number of hydrogen-bond donors (Lipinski definition) is 0. The third kappa shape index (κ3) is 2.35. The van der Waals surface area contributed by atoms with Crippen molar-refractivity contribution < 1.29 is 19.1 Å². The summed E-state index contributed by atoms with van der Waals surface area (Å²) in [6.45, 7) is 4.17. The Morgan fingerprint density at radius 2 is 1.56 bits per heavy atom. The number of nitrogens with zero attached hydrogens (tertiary/aromatic N) is 1. The zero-order valence-electron chi connectivity index (χ0n) is 15.6. The predicted octanol–water partition coefficient (Wildman–Crippen LogP) is 4.08. The van der Waals surface area contributed by atoms with Crippen molar-refractivity contribution in [3.63, 3.8) is 0 Å². The van der Waals surface area contributed by atoms with Crippen LogP contribution in [-0.4, -0.2) is 36.8 Å². The molecule has 1 aromatic carbocycles. The summed E-state index contributed by atoms with van der Waals surface area (Å²) in [5, 5.41) is 1.40. The molecule has 0 atom stereocenters. The van der Waals surface area contributed by atoms with E-state index in [-0.39, 0.29) is 17.7 Å². The van der Waals surface area contributed by atoms with E-state index in [1.165, 1.54) is 14.2 Å². The van der Waals surface area contributed by atoms with E-state index >= 15 is 0 Å². The van der Waals surface area contributed by atoms with Crippen LogP contribution in [0.2, 0.25) is 0 Å². The Hall–Kier alpha value is -3.21. The molecule has 0 saturated carbocycles. The number of imide groups is 1. The molecular formula is C22H19NO4. The third-order valence-corrected chi connectivity index (χ3v) is 5.27. The van der Waals surface area contributed by atoms with Crippen LogP contribution in [0.4, 0.5) is 0 Å². The largest absolute Gasteiger partial charge is 0.465 e. The Kier molecular flexibility index (Phi) is 3.77. The van der Waals surface area contributed by atoms with E-state index in [1.807, 2.05) is 24.3 Å². The van der Waals surface area contributed by atoms with E-state index in [0.717, 1.165) is 27.0 Å². The maximum Gasteiger partial charge on any atom is 0.339 e. The summed E-state index contributed by atoms with van der Waals surface area (Å²) in [5.41, 5.74) is 3.83. The van der Waals surface area contributed by atoms with Gasteiger partial charge in [0.1, 0.15) is 0 Å². The minimum Gasteiger partial charge on any atom is -0.465 e. The van der Waals surface area contributed by atoms with Gasteiger partial charge in [0.05, 0.1) is 23.8 Å². The normalized spacial score (nSPS) is 13.7. The number of fused-ring (bicyclic) bond motifs is 4. The summed E-state index contributed by atoms with van der Waals surface area (Å²) in [5.74, 6) is -0.854. The first-order valence-electron chi connectivity index (χ1n) is 8.79. The molecule has 0 fully saturated rings. The average Bonchev–Trinajstić information content (AvgIpc) is 2.93. The average molecular weight is 361 g/mol. The van der Waals surface area contributed by atoms with Crippen molar-refractivity contribution in [2.24, 2.45) is 0 Å². The molecular weight excluding hydrogens is 342 g/mol. The summed E-state index contributed by atoms with van der Waals surface area (Å²) >= 11 is 0. The van der Waals surface area contributed by atoms with Gasteiger partial charge in [-0.25, -0.2) is 4.79 Å². The first-order chi connectivity index (χ1) is 12.8. The van der Waals surface area contributed by atoms with E-state index < -0.39 is 5.97 Å². The van der Waals surface area contributed by atoms with Crippen LogP contribution in [0.1, 0.15) is 56.4 Å². The van der Waals surface area contributed by atoms with Crippen molar-refractivity contribution in [3.05, 3.63) is 58.7 Å². The molecule has 0 aromatic heterocycles. The van der Waals surface area contributed by atoms with Crippen LogP contribution in [0, 0.1) is 0 Å². The zero-order chi connectivity index (χ0) is 19.5. The van der Waals surface area contributed by atoms with E-state index in [9.17, 15) is 14.4 Å². The lowest BCUT2D eigenvalue weighted by molar-refractivity contribution is 0.0602. The van der Waals surface area contributed by atoms with Gasteiger partial charge in [0.15, 0.2) is 0 Å². The number of ether oxygens (including phenoxy) is 1. The smallest absolute Gasteiger partial charge is 0.339 e. The summed E-state index contributed by atoms with van der Waals surface area (Å²) in [6, 6.07) is 11.3. The highest BCUT2D eigenvalue weighted by Crippen LogP contribution is 2.42. The number of carbonyl (C=O) groups is 3. The first-order valence-corrected chi connectivity index (χ1v) is 8.79. The van der Waals surface area contributed by atoms with Gasteiger partial charge in [0.2, 0.25) is 0 Å². The van der Waals surface area contributed by atoms with Crippen molar-refractivity contribution in [2.45, 2.75) is 19.8 Å². The summed E-state index contributed by atoms with van der Waals surface area (Å²) in [7, 11) is 2.80. The highest BCUT2D eigenvalue weighted by atomic mass is 16.5. The second-order valence-electron chi connectivity index (χ2n) is 7.13. The molecule has 0 bridgehead atoms. The fraction of sp³-hybridized carbons (Fsp3) is 0.227. The minimum absolute atomic E-state index is 0.283. The Balaban J connectivity index is 2.15. The lowest BCUT2D eigenvalue weighted by Gasteiger charge is -2.05. The molecule has 1 aromatic rings. The maximum absolute atomic E-state index is 12.6. The van der Waals surface area contributed by atoms with Gasteiger partial charge in [-0.2, -0.15) is 0 Å².